The Kier molecular flexibility index (Phi) is 9.31. The van der Waals surface area contributed by atoms with Gasteiger partial charge in [0.1, 0.15) is 11.4 Å². The molecule has 0 bridgehead atoms. The van der Waals surface area contributed by atoms with E-state index in [1.165, 1.54) is 74.3 Å². The van der Waals surface area contributed by atoms with Crippen molar-refractivity contribution in [1.29, 1.82) is 0 Å². The van der Waals surface area contributed by atoms with Crippen molar-refractivity contribution in [2.24, 2.45) is 0 Å². The quantitative estimate of drug-likeness (QED) is 0.190. The molecule has 0 N–H and O–H groups in total. The third-order valence-corrected chi connectivity index (χ3v) is 8.93. The van der Waals surface area contributed by atoms with Gasteiger partial charge in [-0.15, -0.1) is 0 Å². The Hall–Kier alpha value is -6.82. The number of esters is 2. The Morgan fingerprint density at radius 2 is 0.788 bits per heavy atom. The number of carbonyl (C=O) groups excluding carboxylic acids is 6. The fourth-order valence-corrected chi connectivity index (χ4v) is 6.47. The summed E-state index contributed by atoms with van der Waals surface area (Å²) in [7, 11) is 2.36. The molecule has 0 radical (unpaired) electrons. The van der Waals surface area contributed by atoms with E-state index in [9.17, 15) is 28.8 Å². The summed E-state index contributed by atoms with van der Waals surface area (Å²) in [5.74, 6) is -5.57. The molecule has 12 nitrogen and oxygen atoms in total. The van der Waals surface area contributed by atoms with E-state index in [1.54, 1.807) is 97.1 Å². The summed E-state index contributed by atoms with van der Waals surface area (Å²) in [6.45, 7) is 2.94. The molecule has 6 rings (SSSR count). The molecule has 4 aromatic rings. The number of hydrogen-bond acceptors (Lipinski definition) is 8. The van der Waals surface area contributed by atoms with Gasteiger partial charge in [-0.2, -0.15) is 0 Å². The molecule has 0 fully saturated rings. The lowest BCUT2D eigenvalue weighted by Crippen LogP contribution is -2.52. The molecular formula is C40H34N4O8. The maximum Gasteiger partial charge on any atom is 0.336 e. The van der Waals surface area contributed by atoms with Crippen LogP contribution in [-0.2, 0) is 38.2 Å². The number of benzene rings is 4. The van der Waals surface area contributed by atoms with Gasteiger partial charge in [0.15, 0.2) is 11.1 Å². The van der Waals surface area contributed by atoms with Crippen LogP contribution in [0.25, 0.3) is 0 Å². The lowest BCUT2D eigenvalue weighted by Gasteiger charge is -2.32. The number of carbonyl (C=O) groups is 6. The summed E-state index contributed by atoms with van der Waals surface area (Å²) in [6, 6.07) is 32.7. The summed E-state index contributed by atoms with van der Waals surface area (Å²) in [5.41, 5.74) is -3.10. The van der Waals surface area contributed by atoms with Crippen LogP contribution in [0.4, 0.5) is 22.7 Å². The van der Waals surface area contributed by atoms with E-state index >= 15 is 0 Å². The Morgan fingerprint density at radius 1 is 0.500 bits per heavy atom. The molecule has 4 amide bonds. The van der Waals surface area contributed by atoms with Crippen LogP contribution >= 0.6 is 0 Å². The minimum atomic E-state index is -1.72. The highest BCUT2D eigenvalue weighted by molar-refractivity contribution is 6.48. The minimum Gasteiger partial charge on any atom is -0.467 e. The normalized spacial score (nSPS) is 19.5. The maximum atomic E-state index is 14.8. The van der Waals surface area contributed by atoms with E-state index in [-0.39, 0.29) is 22.8 Å². The number of methoxy groups -OCH3 is 2. The molecule has 0 saturated heterocycles. The summed E-state index contributed by atoms with van der Waals surface area (Å²) in [5, 5.41) is 0. The third kappa shape index (κ3) is 5.79. The van der Waals surface area contributed by atoms with Crippen LogP contribution in [0.5, 0.6) is 0 Å². The first-order chi connectivity index (χ1) is 25.0. The molecule has 2 heterocycles. The predicted molar refractivity (Wildman–Crippen MR) is 193 cm³/mol. The van der Waals surface area contributed by atoms with Crippen molar-refractivity contribution in [2.75, 3.05) is 33.8 Å². The van der Waals surface area contributed by atoms with Crippen LogP contribution in [0, 0.1) is 0 Å². The summed E-state index contributed by atoms with van der Waals surface area (Å²) in [6.07, 6.45) is 2.56. The molecule has 262 valence electrons. The van der Waals surface area contributed by atoms with E-state index in [1.807, 2.05) is 0 Å². The first kappa shape index (κ1) is 35.0. The minimum absolute atomic E-state index is 0.132. The van der Waals surface area contributed by atoms with Crippen LogP contribution in [0.15, 0.2) is 145 Å². The second kappa shape index (κ2) is 13.8. The number of amides is 4. The molecule has 0 aliphatic carbocycles. The lowest BCUT2D eigenvalue weighted by molar-refractivity contribution is -0.145. The third-order valence-electron chi connectivity index (χ3n) is 8.93. The number of nitrogens with zero attached hydrogens (tertiary/aromatic N) is 4. The first-order valence-electron chi connectivity index (χ1n) is 16.2. The van der Waals surface area contributed by atoms with E-state index in [4.69, 9.17) is 9.47 Å². The fourth-order valence-electron chi connectivity index (χ4n) is 6.47. The predicted octanol–water partition coefficient (Wildman–Crippen LogP) is 4.78. The SMILES string of the molecule is COC(=O)[C@]1(C)C=C(N(C(=O)C(=O)N(C2=C[C@@](C)(C(=O)OC)N(c3ccccc3)C2=O)c2ccccc2)c2ccccc2)C(=O)N1c1ccccc1. The lowest BCUT2D eigenvalue weighted by atomic mass is 10.0. The molecule has 2 aliphatic rings. The molecule has 0 spiro atoms. The zero-order valence-corrected chi connectivity index (χ0v) is 28.8. The van der Waals surface area contributed by atoms with Gasteiger partial charge in [0, 0.05) is 22.7 Å². The molecule has 12 heteroatoms. The van der Waals surface area contributed by atoms with Crippen molar-refractivity contribution < 1.29 is 38.2 Å². The molecule has 2 aliphatic heterocycles. The highest BCUT2D eigenvalue weighted by Gasteiger charge is 2.54. The van der Waals surface area contributed by atoms with Crippen LogP contribution in [0.3, 0.4) is 0 Å². The summed E-state index contributed by atoms with van der Waals surface area (Å²) < 4.78 is 10.2. The van der Waals surface area contributed by atoms with Gasteiger partial charge < -0.3 is 9.47 Å². The largest absolute Gasteiger partial charge is 0.467 e. The molecular weight excluding hydrogens is 664 g/mol. The molecule has 0 saturated carbocycles. The second-order valence-electron chi connectivity index (χ2n) is 12.2. The van der Waals surface area contributed by atoms with Crippen LogP contribution < -0.4 is 19.6 Å². The Labute approximate surface area is 299 Å². The summed E-state index contributed by atoms with van der Waals surface area (Å²) in [4.78, 5) is 89.4. The van der Waals surface area contributed by atoms with Gasteiger partial charge >= 0.3 is 23.8 Å². The van der Waals surface area contributed by atoms with E-state index < -0.39 is 46.6 Å². The van der Waals surface area contributed by atoms with Crippen LogP contribution in [0.1, 0.15) is 13.8 Å². The topological polar surface area (TPSA) is 134 Å². The van der Waals surface area contributed by atoms with Gasteiger partial charge in [-0.1, -0.05) is 72.8 Å². The number of para-hydroxylation sites is 4. The first-order valence-corrected chi connectivity index (χ1v) is 16.2. The van der Waals surface area contributed by atoms with Crippen molar-refractivity contribution in [3.63, 3.8) is 0 Å². The van der Waals surface area contributed by atoms with Gasteiger partial charge in [-0.25, -0.2) is 9.59 Å². The van der Waals surface area contributed by atoms with Crippen molar-refractivity contribution in [1.82, 2.24) is 0 Å². The maximum absolute atomic E-state index is 14.8. The molecule has 52 heavy (non-hydrogen) atoms. The van der Waals surface area contributed by atoms with E-state index in [0.717, 1.165) is 9.80 Å². The molecule has 2 atom stereocenters. The number of hydrogen-bond donors (Lipinski definition) is 0. The Morgan fingerprint density at radius 3 is 1.08 bits per heavy atom. The number of anilines is 4. The zero-order chi connectivity index (χ0) is 37.2. The number of rotatable bonds is 8. The fraction of sp³-hybridized carbons (Fsp3) is 0.150. The van der Waals surface area contributed by atoms with Gasteiger partial charge in [-0.3, -0.25) is 38.8 Å². The molecule has 0 unspecified atom stereocenters. The summed E-state index contributed by atoms with van der Waals surface area (Å²) >= 11 is 0. The Bertz CT molecular complexity index is 1970. The average Bonchev–Trinajstić information content (AvgIpc) is 3.60. The molecule has 4 aromatic carbocycles. The van der Waals surface area contributed by atoms with E-state index in [2.05, 4.69) is 0 Å². The van der Waals surface area contributed by atoms with Crippen molar-refractivity contribution in [2.45, 2.75) is 24.9 Å². The smallest absolute Gasteiger partial charge is 0.336 e. The zero-order valence-electron chi connectivity index (χ0n) is 28.8. The van der Waals surface area contributed by atoms with Gasteiger partial charge in [0.25, 0.3) is 11.8 Å². The van der Waals surface area contributed by atoms with Gasteiger partial charge in [0.2, 0.25) is 0 Å². The van der Waals surface area contributed by atoms with E-state index in [0.29, 0.717) is 11.4 Å². The molecule has 0 aromatic heterocycles. The van der Waals surface area contributed by atoms with Crippen LogP contribution in [0.2, 0.25) is 0 Å². The highest BCUT2D eigenvalue weighted by Crippen LogP contribution is 2.40. The van der Waals surface area contributed by atoms with Crippen molar-refractivity contribution in [3.05, 3.63) is 145 Å². The standard InChI is InChI=1S/C40H34N4O8/c1-39(37(49)51-3)25-31(33(45)43(39)29-21-13-7-14-22-29)41(27-17-9-5-10-18-27)35(47)36(48)42(28-19-11-6-12-20-28)32-26-40(2,38(50)52-4)44(34(32)46)30-23-15-8-16-24-30/h5-26H,1-4H3/t39-,40-/m0/s1. The van der Waals surface area contributed by atoms with Gasteiger partial charge in [0.05, 0.1) is 14.2 Å². The second-order valence-corrected chi connectivity index (χ2v) is 12.2. The van der Waals surface area contributed by atoms with Crippen LogP contribution in [-0.4, -0.2) is 60.9 Å². The average molecular weight is 699 g/mol. The van der Waals surface area contributed by atoms with Crippen molar-refractivity contribution >= 4 is 58.3 Å². The van der Waals surface area contributed by atoms with Crippen molar-refractivity contribution in [3.8, 4) is 0 Å². The number of ether oxygens (including phenoxy) is 2. The monoisotopic (exact) mass is 698 g/mol. The highest BCUT2D eigenvalue weighted by atomic mass is 16.5. The van der Waals surface area contributed by atoms with Gasteiger partial charge in [-0.05, 0) is 74.5 Å². The Balaban J connectivity index is 1.51.